The zero-order chi connectivity index (χ0) is 28.4. The third-order valence-corrected chi connectivity index (χ3v) is 9.01. The first kappa shape index (κ1) is 27.0. The number of cyclic esters (lactones) is 1. The van der Waals surface area contributed by atoms with Gasteiger partial charge in [0.2, 0.25) is 5.91 Å². The highest BCUT2D eigenvalue weighted by Crippen LogP contribution is 2.39. The molecule has 3 aliphatic rings. The lowest BCUT2D eigenvalue weighted by Gasteiger charge is -2.44. The molecule has 3 aromatic carbocycles. The fourth-order valence-corrected chi connectivity index (χ4v) is 6.85. The van der Waals surface area contributed by atoms with Crippen molar-refractivity contribution in [3.05, 3.63) is 108 Å². The van der Waals surface area contributed by atoms with Crippen LogP contribution in [-0.2, 0) is 20.9 Å². The van der Waals surface area contributed by atoms with E-state index in [1.807, 2.05) is 95.9 Å². The molecule has 3 aliphatic heterocycles. The van der Waals surface area contributed by atoms with Crippen LogP contribution in [0.5, 0.6) is 0 Å². The standard InChI is InChI=1S/C33H35N3O5/c37-30(29(25-12-6-2-7-13-25)26-14-8-3-9-15-26)35-22-27(20-28(35)31(38)39)34-18-16-33(23-34)17-19-41-32(40)36(33)21-24-10-4-1-5-11-24/h1-15,27-29H,16-23H2,(H,38,39)/t27-,28-,33?/m0/s1. The molecule has 0 aliphatic carbocycles. The van der Waals surface area contributed by atoms with Crippen LogP contribution in [0.15, 0.2) is 91.0 Å². The van der Waals surface area contributed by atoms with Gasteiger partial charge >= 0.3 is 12.1 Å². The molecule has 8 heteroatoms. The summed E-state index contributed by atoms with van der Waals surface area (Å²) in [5.41, 5.74) is 2.35. The Labute approximate surface area is 240 Å². The number of rotatable bonds is 7. The van der Waals surface area contributed by atoms with E-state index in [0.29, 0.717) is 32.7 Å². The lowest BCUT2D eigenvalue weighted by molar-refractivity contribution is -0.148. The SMILES string of the molecule is O=C(O)[C@@H]1C[C@H](N2CCC3(CCOC(=O)N3Cc3ccccc3)C2)CN1C(=O)C(c1ccccc1)c1ccccc1. The van der Waals surface area contributed by atoms with Crippen LogP contribution >= 0.6 is 0 Å². The molecule has 0 bridgehead atoms. The molecule has 1 N–H and O–H groups in total. The minimum Gasteiger partial charge on any atom is -0.480 e. The second-order valence-electron chi connectivity index (χ2n) is 11.4. The van der Waals surface area contributed by atoms with Crippen LogP contribution in [0.4, 0.5) is 4.79 Å². The third-order valence-electron chi connectivity index (χ3n) is 9.01. The first-order valence-electron chi connectivity index (χ1n) is 14.3. The van der Waals surface area contributed by atoms with Gasteiger partial charge in [-0.3, -0.25) is 14.6 Å². The van der Waals surface area contributed by atoms with Crippen molar-refractivity contribution in [1.29, 1.82) is 0 Å². The summed E-state index contributed by atoms with van der Waals surface area (Å²) in [6, 6.07) is 28.0. The lowest BCUT2D eigenvalue weighted by Crippen LogP contribution is -2.57. The predicted molar refractivity (Wildman–Crippen MR) is 153 cm³/mol. The summed E-state index contributed by atoms with van der Waals surface area (Å²) in [7, 11) is 0. The Morgan fingerprint density at radius 2 is 1.51 bits per heavy atom. The predicted octanol–water partition coefficient (Wildman–Crippen LogP) is 4.36. The number of hydrogen-bond acceptors (Lipinski definition) is 5. The maximum atomic E-state index is 14.2. The quantitative estimate of drug-likeness (QED) is 0.468. The van der Waals surface area contributed by atoms with Crippen molar-refractivity contribution in [3.8, 4) is 0 Å². The van der Waals surface area contributed by atoms with Gasteiger partial charge in [0.1, 0.15) is 6.04 Å². The van der Waals surface area contributed by atoms with Crippen molar-refractivity contribution < 1.29 is 24.2 Å². The smallest absolute Gasteiger partial charge is 0.410 e. The molecule has 0 aromatic heterocycles. The number of hydrogen-bond donors (Lipinski definition) is 1. The Bertz CT molecular complexity index is 1350. The highest BCUT2D eigenvalue weighted by molar-refractivity contribution is 5.91. The van der Waals surface area contributed by atoms with Gasteiger partial charge in [0.05, 0.1) is 18.1 Å². The lowest BCUT2D eigenvalue weighted by atomic mass is 9.90. The molecule has 3 atom stereocenters. The van der Waals surface area contributed by atoms with Crippen molar-refractivity contribution in [2.75, 3.05) is 26.2 Å². The summed E-state index contributed by atoms with van der Waals surface area (Å²) < 4.78 is 5.46. The van der Waals surface area contributed by atoms with E-state index < -0.39 is 17.9 Å². The average molecular weight is 554 g/mol. The third kappa shape index (κ3) is 5.32. The van der Waals surface area contributed by atoms with Gasteiger partial charge in [-0.1, -0.05) is 91.0 Å². The monoisotopic (exact) mass is 553 g/mol. The highest BCUT2D eigenvalue weighted by atomic mass is 16.6. The van der Waals surface area contributed by atoms with Crippen molar-refractivity contribution in [2.45, 2.75) is 49.3 Å². The van der Waals surface area contributed by atoms with Crippen LogP contribution in [-0.4, -0.2) is 81.6 Å². The normalized spacial score (nSPS) is 24.7. The van der Waals surface area contributed by atoms with E-state index >= 15 is 0 Å². The van der Waals surface area contributed by atoms with E-state index in [1.165, 1.54) is 0 Å². The molecule has 41 heavy (non-hydrogen) atoms. The average Bonchev–Trinajstić information content (AvgIpc) is 3.63. The Balaban J connectivity index is 1.24. The van der Waals surface area contributed by atoms with Gasteiger partial charge in [-0.2, -0.15) is 0 Å². The van der Waals surface area contributed by atoms with Gasteiger partial charge in [-0.05, 0) is 29.5 Å². The molecule has 1 unspecified atom stereocenters. The van der Waals surface area contributed by atoms with E-state index in [2.05, 4.69) is 4.90 Å². The summed E-state index contributed by atoms with van der Waals surface area (Å²) in [5.74, 6) is -1.77. The van der Waals surface area contributed by atoms with E-state index in [4.69, 9.17) is 4.74 Å². The fraction of sp³-hybridized carbons (Fsp3) is 0.364. The van der Waals surface area contributed by atoms with Crippen LogP contribution < -0.4 is 0 Å². The van der Waals surface area contributed by atoms with Gasteiger partial charge in [-0.15, -0.1) is 0 Å². The topological polar surface area (TPSA) is 90.4 Å². The molecule has 212 valence electrons. The van der Waals surface area contributed by atoms with Crippen LogP contribution in [0, 0.1) is 0 Å². The van der Waals surface area contributed by atoms with Gasteiger partial charge in [0.25, 0.3) is 0 Å². The largest absolute Gasteiger partial charge is 0.480 e. The number of carbonyl (C=O) groups is 3. The molecular weight excluding hydrogens is 518 g/mol. The number of carbonyl (C=O) groups excluding carboxylic acids is 2. The molecule has 6 rings (SSSR count). The number of carboxylic acid groups (broad SMARTS) is 1. The first-order valence-corrected chi connectivity index (χ1v) is 14.3. The van der Waals surface area contributed by atoms with Crippen molar-refractivity contribution >= 4 is 18.0 Å². The fourth-order valence-electron chi connectivity index (χ4n) is 6.85. The van der Waals surface area contributed by atoms with Gasteiger partial charge in [-0.25, -0.2) is 9.59 Å². The zero-order valence-electron chi connectivity index (χ0n) is 23.0. The van der Waals surface area contributed by atoms with Crippen molar-refractivity contribution in [2.24, 2.45) is 0 Å². The molecule has 3 aromatic rings. The van der Waals surface area contributed by atoms with E-state index in [9.17, 15) is 19.5 Å². The van der Waals surface area contributed by atoms with Crippen molar-refractivity contribution in [3.63, 3.8) is 0 Å². The summed E-state index contributed by atoms with van der Waals surface area (Å²) in [6.45, 7) is 2.55. The van der Waals surface area contributed by atoms with Crippen LogP contribution in [0.1, 0.15) is 41.9 Å². The molecular formula is C33H35N3O5. The van der Waals surface area contributed by atoms with Gasteiger partial charge < -0.3 is 14.7 Å². The van der Waals surface area contributed by atoms with E-state index in [1.54, 1.807) is 4.90 Å². The molecule has 0 saturated carbocycles. The van der Waals surface area contributed by atoms with Crippen molar-refractivity contribution in [1.82, 2.24) is 14.7 Å². The van der Waals surface area contributed by atoms with E-state index in [0.717, 1.165) is 36.1 Å². The summed E-state index contributed by atoms with van der Waals surface area (Å²) >= 11 is 0. The van der Waals surface area contributed by atoms with Crippen LogP contribution in [0.3, 0.4) is 0 Å². The first-order chi connectivity index (χ1) is 19.9. The number of amides is 2. The van der Waals surface area contributed by atoms with Crippen LogP contribution in [0.2, 0.25) is 0 Å². The molecule has 2 amide bonds. The number of ether oxygens (including phenoxy) is 1. The Kier molecular flexibility index (Phi) is 7.49. The summed E-state index contributed by atoms with van der Waals surface area (Å²) in [4.78, 5) is 45.4. The molecule has 8 nitrogen and oxygen atoms in total. The number of aliphatic carboxylic acids is 1. The molecule has 3 heterocycles. The second kappa shape index (κ2) is 11.4. The minimum absolute atomic E-state index is 0.108. The van der Waals surface area contributed by atoms with E-state index in [-0.39, 0.29) is 23.6 Å². The Hall–Kier alpha value is -4.17. The van der Waals surface area contributed by atoms with Crippen LogP contribution in [0.25, 0.3) is 0 Å². The van der Waals surface area contributed by atoms with Gasteiger partial charge in [0, 0.05) is 38.6 Å². The number of nitrogens with zero attached hydrogens (tertiary/aromatic N) is 3. The maximum absolute atomic E-state index is 14.2. The molecule has 3 fully saturated rings. The zero-order valence-corrected chi connectivity index (χ0v) is 23.0. The minimum atomic E-state index is -0.985. The number of likely N-dealkylation sites (tertiary alicyclic amines) is 2. The molecule has 3 saturated heterocycles. The second-order valence-corrected chi connectivity index (χ2v) is 11.4. The number of benzene rings is 3. The Morgan fingerprint density at radius 1 is 0.902 bits per heavy atom. The Morgan fingerprint density at radius 3 is 2.12 bits per heavy atom. The van der Waals surface area contributed by atoms with Gasteiger partial charge in [0.15, 0.2) is 0 Å². The number of carboxylic acids is 1. The molecule has 1 spiro atoms. The highest BCUT2D eigenvalue weighted by Gasteiger charge is 2.52. The summed E-state index contributed by atoms with van der Waals surface area (Å²) in [5, 5.41) is 10.2. The summed E-state index contributed by atoms with van der Waals surface area (Å²) in [6.07, 6.45) is 1.57. The maximum Gasteiger partial charge on any atom is 0.410 e. The molecule has 0 radical (unpaired) electrons.